The van der Waals surface area contributed by atoms with Gasteiger partial charge in [0.2, 0.25) is 0 Å². The fraction of sp³-hybridized carbons (Fsp3) is 0.200. The molecule has 2 rings (SSSR count). The Morgan fingerprint density at radius 2 is 1.78 bits per heavy atom. The minimum absolute atomic E-state index is 0.157. The van der Waals surface area contributed by atoms with Gasteiger partial charge in [-0.25, -0.2) is 4.39 Å². The van der Waals surface area contributed by atoms with Gasteiger partial charge in [0.15, 0.2) is 0 Å². The second-order valence-electron chi connectivity index (χ2n) is 4.38. The lowest BCUT2D eigenvalue weighted by atomic mass is 10.1. The van der Waals surface area contributed by atoms with Gasteiger partial charge in [0, 0.05) is 15.3 Å². The Morgan fingerprint density at radius 3 is 2.39 bits per heavy atom. The Bertz CT molecular complexity index is 537. The lowest BCUT2D eigenvalue weighted by molar-refractivity contribution is 0.626. The first-order valence-corrected chi connectivity index (χ1v) is 6.92. The fourth-order valence-corrected chi connectivity index (χ4v) is 2.28. The molecule has 1 unspecified atom stereocenters. The maximum absolute atomic E-state index is 12.9. The van der Waals surface area contributed by atoms with E-state index in [-0.39, 0.29) is 11.9 Å². The van der Waals surface area contributed by atoms with Crippen LogP contribution in [0.15, 0.2) is 42.5 Å². The molecule has 0 heterocycles. The zero-order valence-electron chi connectivity index (χ0n) is 10.4. The van der Waals surface area contributed by atoms with Gasteiger partial charge in [-0.15, -0.1) is 0 Å². The summed E-state index contributed by atoms with van der Waals surface area (Å²) in [5, 5.41) is 3.42. The second-order valence-corrected chi connectivity index (χ2v) is 5.54. The smallest absolute Gasteiger partial charge is 0.123 e. The van der Waals surface area contributed by atoms with E-state index in [9.17, 15) is 4.39 Å². The second kappa shape index (κ2) is 5.69. The lowest BCUT2D eigenvalue weighted by Crippen LogP contribution is -2.06. The molecule has 1 atom stereocenters. The van der Waals surface area contributed by atoms with Gasteiger partial charge in [-0.3, -0.25) is 0 Å². The SMILES string of the molecule is Cc1ccc(NC(C)c2ccc(F)cc2)cc1I. The first kappa shape index (κ1) is 13.3. The van der Waals surface area contributed by atoms with Crippen molar-refractivity contribution in [2.75, 3.05) is 5.32 Å². The number of hydrogen-bond donors (Lipinski definition) is 1. The Balaban J connectivity index is 2.13. The largest absolute Gasteiger partial charge is 0.378 e. The van der Waals surface area contributed by atoms with E-state index >= 15 is 0 Å². The summed E-state index contributed by atoms with van der Waals surface area (Å²) in [6.45, 7) is 4.16. The summed E-state index contributed by atoms with van der Waals surface area (Å²) in [4.78, 5) is 0. The van der Waals surface area contributed by atoms with Crippen molar-refractivity contribution < 1.29 is 4.39 Å². The standard InChI is InChI=1S/C15H15FIN/c1-10-3-8-14(9-15(10)17)18-11(2)12-4-6-13(16)7-5-12/h3-9,11,18H,1-2H3. The molecule has 1 nitrogen and oxygen atoms in total. The van der Waals surface area contributed by atoms with Crippen LogP contribution < -0.4 is 5.32 Å². The van der Waals surface area contributed by atoms with Crippen molar-refractivity contribution in [1.82, 2.24) is 0 Å². The molecule has 18 heavy (non-hydrogen) atoms. The van der Waals surface area contributed by atoms with E-state index in [4.69, 9.17) is 0 Å². The minimum atomic E-state index is -0.198. The lowest BCUT2D eigenvalue weighted by Gasteiger charge is -2.16. The van der Waals surface area contributed by atoms with Crippen molar-refractivity contribution in [2.45, 2.75) is 19.9 Å². The van der Waals surface area contributed by atoms with Gasteiger partial charge in [-0.2, -0.15) is 0 Å². The number of halogens is 2. The third-order valence-electron chi connectivity index (χ3n) is 2.93. The molecule has 3 heteroatoms. The van der Waals surface area contributed by atoms with Crippen LogP contribution in [0.2, 0.25) is 0 Å². The molecule has 2 aromatic rings. The molecule has 0 aliphatic heterocycles. The number of anilines is 1. The van der Waals surface area contributed by atoms with Gasteiger partial charge in [-0.1, -0.05) is 18.2 Å². The molecule has 0 amide bonds. The molecule has 0 radical (unpaired) electrons. The Labute approximate surface area is 121 Å². The van der Waals surface area contributed by atoms with Crippen molar-refractivity contribution >= 4 is 28.3 Å². The fourth-order valence-electron chi connectivity index (χ4n) is 1.77. The van der Waals surface area contributed by atoms with Gasteiger partial charge in [0.25, 0.3) is 0 Å². The molecule has 1 N–H and O–H groups in total. The molecular formula is C15H15FIN. The van der Waals surface area contributed by atoms with Crippen molar-refractivity contribution in [3.63, 3.8) is 0 Å². The van der Waals surface area contributed by atoms with Crippen LogP contribution in [0, 0.1) is 16.3 Å². The van der Waals surface area contributed by atoms with Crippen molar-refractivity contribution in [3.8, 4) is 0 Å². The highest BCUT2D eigenvalue weighted by atomic mass is 127. The predicted molar refractivity (Wildman–Crippen MR) is 82.3 cm³/mol. The van der Waals surface area contributed by atoms with Gasteiger partial charge in [-0.05, 0) is 71.8 Å². The quantitative estimate of drug-likeness (QED) is 0.772. The van der Waals surface area contributed by atoms with Crippen LogP contribution in [-0.2, 0) is 0 Å². The highest BCUT2D eigenvalue weighted by Crippen LogP contribution is 2.22. The van der Waals surface area contributed by atoms with Crippen molar-refractivity contribution in [3.05, 3.63) is 63.0 Å². The van der Waals surface area contributed by atoms with Gasteiger partial charge >= 0.3 is 0 Å². The van der Waals surface area contributed by atoms with Gasteiger partial charge < -0.3 is 5.32 Å². The van der Waals surface area contributed by atoms with Crippen LogP contribution in [0.3, 0.4) is 0 Å². The van der Waals surface area contributed by atoms with E-state index < -0.39 is 0 Å². The maximum atomic E-state index is 12.9. The summed E-state index contributed by atoms with van der Waals surface area (Å²) in [5.74, 6) is -0.198. The molecular weight excluding hydrogens is 340 g/mol. The molecule has 0 bridgehead atoms. The normalized spacial score (nSPS) is 12.2. The average molecular weight is 355 g/mol. The van der Waals surface area contributed by atoms with E-state index in [2.05, 4.69) is 60.0 Å². The van der Waals surface area contributed by atoms with Crippen LogP contribution in [-0.4, -0.2) is 0 Å². The van der Waals surface area contributed by atoms with Crippen LogP contribution in [0.1, 0.15) is 24.1 Å². The molecule has 0 aliphatic carbocycles. The number of rotatable bonds is 3. The van der Waals surface area contributed by atoms with Crippen LogP contribution in [0.25, 0.3) is 0 Å². The van der Waals surface area contributed by atoms with Crippen LogP contribution in [0.4, 0.5) is 10.1 Å². The molecule has 2 aromatic carbocycles. The first-order valence-electron chi connectivity index (χ1n) is 5.84. The Hall–Kier alpha value is -1.10. The van der Waals surface area contributed by atoms with Gasteiger partial charge in [0.05, 0.1) is 0 Å². The van der Waals surface area contributed by atoms with E-state index in [0.29, 0.717) is 0 Å². The highest BCUT2D eigenvalue weighted by Gasteiger charge is 2.06. The molecule has 0 fully saturated rings. The zero-order valence-corrected chi connectivity index (χ0v) is 12.5. The number of benzene rings is 2. The minimum Gasteiger partial charge on any atom is -0.378 e. The third kappa shape index (κ3) is 3.22. The van der Waals surface area contributed by atoms with E-state index in [0.717, 1.165) is 11.3 Å². The molecule has 0 aliphatic rings. The average Bonchev–Trinajstić information content (AvgIpc) is 2.34. The van der Waals surface area contributed by atoms with Crippen LogP contribution in [0.5, 0.6) is 0 Å². The molecule has 94 valence electrons. The summed E-state index contributed by atoms with van der Waals surface area (Å²) >= 11 is 2.33. The number of hydrogen-bond acceptors (Lipinski definition) is 1. The summed E-state index contributed by atoms with van der Waals surface area (Å²) in [5.41, 5.74) is 3.43. The summed E-state index contributed by atoms with van der Waals surface area (Å²) in [6, 6.07) is 13.1. The maximum Gasteiger partial charge on any atom is 0.123 e. The predicted octanol–water partition coefficient (Wildman–Crippen LogP) is 4.91. The van der Waals surface area contributed by atoms with E-state index in [1.54, 1.807) is 0 Å². The molecule has 0 saturated carbocycles. The van der Waals surface area contributed by atoms with Crippen molar-refractivity contribution in [2.24, 2.45) is 0 Å². The molecule has 0 saturated heterocycles. The molecule has 0 aromatic heterocycles. The van der Waals surface area contributed by atoms with Crippen LogP contribution >= 0.6 is 22.6 Å². The topological polar surface area (TPSA) is 12.0 Å². The Morgan fingerprint density at radius 1 is 1.11 bits per heavy atom. The van der Waals surface area contributed by atoms with E-state index in [1.807, 2.05) is 12.1 Å². The third-order valence-corrected chi connectivity index (χ3v) is 4.09. The summed E-state index contributed by atoms with van der Waals surface area (Å²) in [6.07, 6.45) is 0. The van der Waals surface area contributed by atoms with Gasteiger partial charge in [0.1, 0.15) is 5.82 Å². The highest BCUT2D eigenvalue weighted by molar-refractivity contribution is 14.1. The van der Waals surface area contributed by atoms with Crippen molar-refractivity contribution in [1.29, 1.82) is 0 Å². The number of nitrogens with one attached hydrogen (secondary N) is 1. The zero-order chi connectivity index (χ0) is 13.1. The number of aryl methyl sites for hydroxylation is 1. The van der Waals surface area contributed by atoms with E-state index in [1.165, 1.54) is 21.3 Å². The summed E-state index contributed by atoms with van der Waals surface area (Å²) < 4.78 is 14.1. The first-order chi connectivity index (χ1) is 8.56. The Kier molecular flexibility index (Phi) is 4.22. The molecule has 0 spiro atoms. The summed E-state index contributed by atoms with van der Waals surface area (Å²) in [7, 11) is 0. The monoisotopic (exact) mass is 355 g/mol.